The van der Waals surface area contributed by atoms with E-state index in [0.29, 0.717) is 12.6 Å². The maximum absolute atomic E-state index is 10.9. The monoisotopic (exact) mass is 197 g/mol. The van der Waals surface area contributed by atoms with Crippen LogP contribution in [0.25, 0.3) is 0 Å². The van der Waals surface area contributed by atoms with Crippen molar-refractivity contribution in [2.75, 3.05) is 13.2 Å². The maximum Gasteiger partial charge on any atom is 0.330 e. The molecule has 1 fully saturated rings. The van der Waals surface area contributed by atoms with Gasteiger partial charge in [0.2, 0.25) is 0 Å². The average Bonchev–Trinajstić information content (AvgIpc) is 2.09. The SMILES string of the molecule is CCOC(=O)/C=C/CNC1CC(C)C1. The highest BCUT2D eigenvalue weighted by atomic mass is 16.5. The Labute approximate surface area is 85.5 Å². The van der Waals surface area contributed by atoms with E-state index in [2.05, 4.69) is 12.2 Å². The van der Waals surface area contributed by atoms with Gasteiger partial charge in [-0.25, -0.2) is 4.79 Å². The molecule has 0 radical (unpaired) electrons. The minimum atomic E-state index is -0.253. The van der Waals surface area contributed by atoms with Gasteiger partial charge in [-0.1, -0.05) is 13.0 Å². The van der Waals surface area contributed by atoms with Crippen molar-refractivity contribution in [1.82, 2.24) is 5.32 Å². The lowest BCUT2D eigenvalue weighted by molar-refractivity contribution is -0.137. The van der Waals surface area contributed by atoms with Crippen LogP contribution in [0.3, 0.4) is 0 Å². The summed E-state index contributed by atoms with van der Waals surface area (Å²) in [7, 11) is 0. The Bertz CT molecular complexity index is 207. The van der Waals surface area contributed by atoms with Crippen molar-refractivity contribution in [2.24, 2.45) is 5.92 Å². The number of ether oxygens (including phenoxy) is 1. The van der Waals surface area contributed by atoms with Crippen molar-refractivity contribution in [3.63, 3.8) is 0 Å². The number of hydrogen-bond acceptors (Lipinski definition) is 3. The normalized spacial score (nSPS) is 26.1. The van der Waals surface area contributed by atoms with E-state index in [1.54, 1.807) is 6.92 Å². The summed E-state index contributed by atoms with van der Waals surface area (Å²) in [5.74, 6) is 0.609. The first kappa shape index (κ1) is 11.2. The fraction of sp³-hybridized carbons (Fsp3) is 0.727. The molecule has 0 aromatic heterocycles. The van der Waals surface area contributed by atoms with Crippen LogP contribution in [0.1, 0.15) is 26.7 Å². The predicted octanol–water partition coefficient (Wildman–Crippen LogP) is 1.49. The molecule has 3 heteroatoms. The van der Waals surface area contributed by atoms with Gasteiger partial charge in [0.25, 0.3) is 0 Å². The molecule has 0 saturated heterocycles. The maximum atomic E-state index is 10.9. The quantitative estimate of drug-likeness (QED) is 0.536. The zero-order valence-electron chi connectivity index (χ0n) is 8.95. The molecule has 0 aromatic carbocycles. The van der Waals surface area contributed by atoms with Gasteiger partial charge in [0, 0.05) is 18.7 Å². The van der Waals surface area contributed by atoms with Crippen molar-refractivity contribution < 1.29 is 9.53 Å². The van der Waals surface area contributed by atoms with Crippen molar-refractivity contribution in [3.05, 3.63) is 12.2 Å². The third-order valence-corrected chi connectivity index (χ3v) is 2.44. The second-order valence-electron chi connectivity index (χ2n) is 3.84. The first-order valence-electron chi connectivity index (χ1n) is 5.29. The first-order valence-corrected chi connectivity index (χ1v) is 5.29. The molecule has 0 atom stereocenters. The van der Waals surface area contributed by atoms with Crippen LogP contribution in [-0.4, -0.2) is 25.2 Å². The fourth-order valence-electron chi connectivity index (χ4n) is 1.65. The highest BCUT2D eigenvalue weighted by Gasteiger charge is 2.23. The zero-order valence-corrected chi connectivity index (χ0v) is 8.95. The van der Waals surface area contributed by atoms with Gasteiger partial charge in [0.15, 0.2) is 0 Å². The van der Waals surface area contributed by atoms with Crippen molar-refractivity contribution >= 4 is 5.97 Å². The van der Waals surface area contributed by atoms with E-state index in [0.717, 1.165) is 12.5 Å². The van der Waals surface area contributed by atoms with Crippen LogP contribution < -0.4 is 5.32 Å². The average molecular weight is 197 g/mol. The van der Waals surface area contributed by atoms with E-state index in [1.165, 1.54) is 18.9 Å². The van der Waals surface area contributed by atoms with E-state index in [4.69, 9.17) is 4.74 Å². The number of nitrogens with one attached hydrogen (secondary N) is 1. The van der Waals surface area contributed by atoms with E-state index in [9.17, 15) is 4.79 Å². The lowest BCUT2D eigenvalue weighted by atomic mass is 9.82. The number of hydrogen-bond donors (Lipinski definition) is 1. The summed E-state index contributed by atoms with van der Waals surface area (Å²) >= 11 is 0. The number of carbonyl (C=O) groups is 1. The van der Waals surface area contributed by atoms with Gasteiger partial charge < -0.3 is 10.1 Å². The van der Waals surface area contributed by atoms with Crippen molar-refractivity contribution in [2.45, 2.75) is 32.7 Å². The molecule has 1 rings (SSSR count). The van der Waals surface area contributed by atoms with Crippen LogP contribution in [0.2, 0.25) is 0 Å². The van der Waals surface area contributed by atoms with Gasteiger partial charge in [-0.15, -0.1) is 0 Å². The smallest absolute Gasteiger partial charge is 0.330 e. The summed E-state index contributed by atoms with van der Waals surface area (Å²) in [4.78, 5) is 10.9. The van der Waals surface area contributed by atoms with E-state index >= 15 is 0 Å². The Hall–Kier alpha value is -0.830. The largest absolute Gasteiger partial charge is 0.463 e. The number of esters is 1. The molecule has 0 aromatic rings. The van der Waals surface area contributed by atoms with Gasteiger partial charge in [0.1, 0.15) is 0 Å². The summed E-state index contributed by atoms with van der Waals surface area (Å²) < 4.78 is 4.75. The summed E-state index contributed by atoms with van der Waals surface area (Å²) in [6.07, 6.45) is 5.82. The van der Waals surface area contributed by atoms with E-state index in [-0.39, 0.29) is 5.97 Å². The highest BCUT2D eigenvalue weighted by molar-refractivity contribution is 5.81. The van der Waals surface area contributed by atoms with Crippen LogP contribution >= 0.6 is 0 Å². The van der Waals surface area contributed by atoms with Crippen LogP contribution in [-0.2, 0) is 9.53 Å². The summed E-state index contributed by atoms with van der Waals surface area (Å²) in [5.41, 5.74) is 0. The summed E-state index contributed by atoms with van der Waals surface area (Å²) in [6, 6.07) is 0.650. The Morgan fingerprint density at radius 1 is 1.57 bits per heavy atom. The second kappa shape index (κ2) is 5.81. The van der Waals surface area contributed by atoms with Crippen molar-refractivity contribution in [3.8, 4) is 0 Å². The fourth-order valence-corrected chi connectivity index (χ4v) is 1.65. The van der Waals surface area contributed by atoms with E-state index < -0.39 is 0 Å². The molecule has 0 heterocycles. The van der Waals surface area contributed by atoms with E-state index in [1.807, 2.05) is 6.08 Å². The van der Waals surface area contributed by atoms with Crippen molar-refractivity contribution in [1.29, 1.82) is 0 Å². The molecular weight excluding hydrogens is 178 g/mol. The van der Waals surface area contributed by atoms with Gasteiger partial charge in [0.05, 0.1) is 6.61 Å². The standard InChI is InChI=1S/C11H19NO2/c1-3-14-11(13)5-4-6-12-10-7-9(2)8-10/h4-5,9-10,12H,3,6-8H2,1-2H3/b5-4+. The molecule has 1 aliphatic carbocycles. The Morgan fingerprint density at radius 2 is 2.29 bits per heavy atom. The first-order chi connectivity index (χ1) is 6.72. The third-order valence-electron chi connectivity index (χ3n) is 2.44. The highest BCUT2D eigenvalue weighted by Crippen LogP contribution is 2.25. The predicted molar refractivity (Wildman–Crippen MR) is 56.0 cm³/mol. The Kier molecular flexibility index (Phi) is 4.66. The zero-order chi connectivity index (χ0) is 10.4. The molecule has 1 N–H and O–H groups in total. The topological polar surface area (TPSA) is 38.3 Å². The molecule has 0 unspecified atom stereocenters. The van der Waals surface area contributed by atoms with Crippen LogP contribution in [0, 0.1) is 5.92 Å². The Balaban J connectivity index is 2.00. The third kappa shape index (κ3) is 3.92. The van der Waals surface area contributed by atoms with Crippen LogP contribution in [0.5, 0.6) is 0 Å². The van der Waals surface area contributed by atoms with Gasteiger partial charge >= 0.3 is 5.97 Å². The Morgan fingerprint density at radius 3 is 2.86 bits per heavy atom. The van der Waals surface area contributed by atoms with Gasteiger partial charge in [-0.3, -0.25) is 0 Å². The molecule has 1 aliphatic rings. The number of carbonyl (C=O) groups excluding carboxylic acids is 1. The molecule has 1 saturated carbocycles. The van der Waals surface area contributed by atoms with Crippen LogP contribution in [0.15, 0.2) is 12.2 Å². The molecule has 0 spiro atoms. The van der Waals surface area contributed by atoms with Gasteiger partial charge in [-0.05, 0) is 25.7 Å². The summed E-state index contributed by atoms with van der Waals surface area (Å²) in [6.45, 7) is 5.26. The van der Waals surface area contributed by atoms with Gasteiger partial charge in [-0.2, -0.15) is 0 Å². The molecule has 0 aliphatic heterocycles. The molecule has 80 valence electrons. The number of rotatable bonds is 5. The molecule has 3 nitrogen and oxygen atoms in total. The second-order valence-corrected chi connectivity index (χ2v) is 3.84. The molecule has 0 bridgehead atoms. The lowest BCUT2D eigenvalue weighted by Crippen LogP contribution is -2.40. The minimum absolute atomic E-state index is 0.253. The minimum Gasteiger partial charge on any atom is -0.463 e. The molecule has 0 amide bonds. The lowest BCUT2D eigenvalue weighted by Gasteiger charge is -2.33. The van der Waals surface area contributed by atoms with Crippen LogP contribution in [0.4, 0.5) is 0 Å². The molecular formula is C11H19NO2. The summed E-state index contributed by atoms with van der Waals surface area (Å²) in [5, 5.41) is 3.35. The molecule has 14 heavy (non-hydrogen) atoms.